The zero-order valence-electron chi connectivity index (χ0n) is 10.5. The summed E-state index contributed by atoms with van der Waals surface area (Å²) in [6, 6.07) is 10.3. The molecule has 0 aliphatic carbocycles. The van der Waals surface area contributed by atoms with E-state index >= 15 is 0 Å². The molecule has 5 heteroatoms. The summed E-state index contributed by atoms with van der Waals surface area (Å²) in [5, 5.41) is 1.06. The van der Waals surface area contributed by atoms with Gasteiger partial charge in [0.05, 0.1) is 17.2 Å². The van der Waals surface area contributed by atoms with E-state index in [4.69, 9.17) is 10.5 Å². The van der Waals surface area contributed by atoms with Gasteiger partial charge in [-0.15, -0.1) is 11.3 Å². The molecule has 1 aliphatic heterocycles. The fraction of sp³-hybridized carbons (Fsp3) is 0.357. The molecule has 100 valence electrons. The van der Waals surface area contributed by atoms with Gasteiger partial charge in [0.25, 0.3) is 0 Å². The lowest BCUT2D eigenvalue weighted by Gasteiger charge is -2.19. The largest absolute Gasteiger partial charge is 0.369 e. The highest BCUT2D eigenvalue weighted by Gasteiger charge is 2.22. The van der Waals surface area contributed by atoms with Gasteiger partial charge in [-0.1, -0.05) is 30.3 Å². The van der Waals surface area contributed by atoms with E-state index in [9.17, 15) is 0 Å². The van der Waals surface area contributed by atoms with Gasteiger partial charge >= 0.3 is 0 Å². The first-order valence-electron chi connectivity index (χ1n) is 6.33. The second-order valence-corrected chi connectivity index (χ2v) is 6.51. The first-order valence-corrected chi connectivity index (χ1v) is 8.30. The van der Waals surface area contributed by atoms with Gasteiger partial charge in [-0.25, -0.2) is 4.98 Å². The second kappa shape index (κ2) is 6.05. The molecule has 1 aromatic carbocycles. The van der Waals surface area contributed by atoms with Gasteiger partial charge < -0.3 is 10.5 Å². The lowest BCUT2D eigenvalue weighted by molar-refractivity contribution is 0.0754. The van der Waals surface area contributed by atoms with Crippen LogP contribution in [-0.2, 0) is 11.3 Å². The number of hydrogen-bond acceptors (Lipinski definition) is 5. The quantitative estimate of drug-likeness (QED) is 0.944. The molecule has 1 aliphatic rings. The smallest absolute Gasteiger partial charge is 0.123 e. The molecule has 0 amide bonds. The van der Waals surface area contributed by atoms with Crippen molar-refractivity contribution in [2.45, 2.75) is 12.6 Å². The molecular weight excluding hydrogens is 276 g/mol. The molecule has 2 heterocycles. The normalized spacial score (nSPS) is 19.5. The maximum Gasteiger partial charge on any atom is 0.123 e. The molecule has 0 spiro atoms. The van der Waals surface area contributed by atoms with Crippen LogP contribution in [0.2, 0.25) is 0 Å². The number of benzene rings is 1. The van der Waals surface area contributed by atoms with Crippen molar-refractivity contribution in [1.29, 1.82) is 0 Å². The van der Waals surface area contributed by atoms with E-state index in [0.29, 0.717) is 6.54 Å². The van der Waals surface area contributed by atoms with Crippen molar-refractivity contribution >= 4 is 23.1 Å². The Kier molecular flexibility index (Phi) is 4.18. The van der Waals surface area contributed by atoms with Crippen molar-refractivity contribution in [2.75, 3.05) is 18.1 Å². The van der Waals surface area contributed by atoms with E-state index in [1.807, 2.05) is 30.0 Å². The fourth-order valence-electron chi connectivity index (χ4n) is 2.09. The average Bonchev–Trinajstić information content (AvgIpc) is 2.93. The number of nitrogens with two attached hydrogens (primary N) is 1. The molecule has 1 fully saturated rings. The Labute approximate surface area is 121 Å². The number of thiazole rings is 1. The minimum absolute atomic E-state index is 0.131. The van der Waals surface area contributed by atoms with Gasteiger partial charge in [0.15, 0.2) is 0 Å². The predicted molar refractivity (Wildman–Crippen MR) is 81.5 cm³/mol. The van der Waals surface area contributed by atoms with Crippen LogP contribution in [0, 0.1) is 0 Å². The van der Waals surface area contributed by atoms with Crippen LogP contribution in [-0.4, -0.2) is 23.1 Å². The van der Waals surface area contributed by atoms with Crippen LogP contribution < -0.4 is 5.73 Å². The summed E-state index contributed by atoms with van der Waals surface area (Å²) in [4.78, 5) is 5.86. The standard InChI is InChI=1S/C14H16N2OS2/c15-8-11-13(10-4-2-1-3-5-10)19-14(16-11)12-9-18-7-6-17-12/h1-5,12H,6-9,15H2. The average molecular weight is 292 g/mol. The topological polar surface area (TPSA) is 48.1 Å². The Balaban J connectivity index is 1.94. The number of aromatic nitrogens is 1. The van der Waals surface area contributed by atoms with Crippen molar-refractivity contribution in [3.05, 3.63) is 41.0 Å². The molecule has 1 unspecified atom stereocenters. The van der Waals surface area contributed by atoms with Crippen molar-refractivity contribution in [3.8, 4) is 10.4 Å². The van der Waals surface area contributed by atoms with Crippen LogP contribution in [0.25, 0.3) is 10.4 Å². The first kappa shape index (κ1) is 13.1. The van der Waals surface area contributed by atoms with E-state index < -0.39 is 0 Å². The van der Waals surface area contributed by atoms with Gasteiger partial charge in [-0.05, 0) is 5.56 Å². The molecule has 1 aromatic heterocycles. The molecule has 3 nitrogen and oxygen atoms in total. The maximum atomic E-state index is 5.83. The van der Waals surface area contributed by atoms with Gasteiger partial charge in [0.1, 0.15) is 11.1 Å². The molecule has 1 atom stereocenters. The number of thioether (sulfide) groups is 1. The summed E-state index contributed by atoms with van der Waals surface area (Å²) in [6.07, 6.45) is 0.131. The van der Waals surface area contributed by atoms with Crippen molar-refractivity contribution < 1.29 is 4.74 Å². The summed E-state index contributed by atoms with van der Waals surface area (Å²) in [5.41, 5.74) is 8.00. The van der Waals surface area contributed by atoms with Crippen molar-refractivity contribution in [1.82, 2.24) is 4.98 Å². The first-order chi connectivity index (χ1) is 9.38. The van der Waals surface area contributed by atoms with Crippen molar-refractivity contribution in [2.24, 2.45) is 5.73 Å². The predicted octanol–water partition coefficient (Wildman–Crippen LogP) is 3.07. The van der Waals surface area contributed by atoms with Crippen LogP contribution in [0.3, 0.4) is 0 Å². The third kappa shape index (κ3) is 2.84. The lowest BCUT2D eigenvalue weighted by Crippen LogP contribution is -2.15. The Morgan fingerprint density at radius 1 is 1.32 bits per heavy atom. The summed E-state index contributed by atoms with van der Waals surface area (Å²) < 4.78 is 5.80. The van der Waals surface area contributed by atoms with Crippen LogP contribution in [0.15, 0.2) is 30.3 Å². The van der Waals surface area contributed by atoms with E-state index in [2.05, 4.69) is 17.1 Å². The third-order valence-electron chi connectivity index (χ3n) is 3.03. The number of nitrogens with zero attached hydrogens (tertiary/aromatic N) is 1. The Morgan fingerprint density at radius 3 is 2.84 bits per heavy atom. The molecule has 0 saturated carbocycles. The Morgan fingerprint density at radius 2 is 2.16 bits per heavy atom. The molecule has 3 rings (SSSR count). The van der Waals surface area contributed by atoms with E-state index in [0.717, 1.165) is 28.8 Å². The Bertz CT molecular complexity index is 536. The fourth-order valence-corrected chi connectivity index (χ4v) is 4.19. The molecule has 0 bridgehead atoms. The minimum Gasteiger partial charge on any atom is -0.369 e. The second-order valence-electron chi connectivity index (χ2n) is 4.33. The summed E-state index contributed by atoms with van der Waals surface area (Å²) in [6.45, 7) is 1.29. The number of rotatable bonds is 3. The number of hydrogen-bond donors (Lipinski definition) is 1. The summed E-state index contributed by atoms with van der Waals surface area (Å²) in [7, 11) is 0. The lowest BCUT2D eigenvalue weighted by atomic mass is 10.1. The molecule has 0 radical (unpaired) electrons. The zero-order chi connectivity index (χ0) is 13.1. The number of ether oxygens (including phenoxy) is 1. The molecule has 19 heavy (non-hydrogen) atoms. The van der Waals surface area contributed by atoms with Crippen LogP contribution >= 0.6 is 23.1 Å². The van der Waals surface area contributed by atoms with Crippen LogP contribution in [0.1, 0.15) is 16.8 Å². The van der Waals surface area contributed by atoms with E-state index in [-0.39, 0.29) is 6.10 Å². The highest BCUT2D eigenvalue weighted by molar-refractivity contribution is 7.99. The van der Waals surface area contributed by atoms with Crippen molar-refractivity contribution in [3.63, 3.8) is 0 Å². The Hall–Kier alpha value is -0.880. The maximum absolute atomic E-state index is 5.83. The van der Waals surface area contributed by atoms with Gasteiger partial charge in [0.2, 0.25) is 0 Å². The van der Waals surface area contributed by atoms with Gasteiger partial charge in [0, 0.05) is 18.1 Å². The third-order valence-corrected chi connectivity index (χ3v) is 5.27. The minimum atomic E-state index is 0.131. The summed E-state index contributed by atoms with van der Waals surface area (Å²) in [5.74, 6) is 2.07. The summed E-state index contributed by atoms with van der Waals surface area (Å²) >= 11 is 3.64. The SMILES string of the molecule is NCc1nc(C2CSCCO2)sc1-c1ccccc1. The van der Waals surface area contributed by atoms with Gasteiger partial charge in [-0.2, -0.15) is 11.8 Å². The van der Waals surface area contributed by atoms with Crippen LogP contribution in [0.4, 0.5) is 0 Å². The van der Waals surface area contributed by atoms with E-state index in [1.54, 1.807) is 11.3 Å². The molecule has 2 aromatic rings. The van der Waals surface area contributed by atoms with E-state index in [1.165, 1.54) is 10.4 Å². The zero-order valence-corrected chi connectivity index (χ0v) is 12.2. The molecular formula is C14H16N2OS2. The van der Waals surface area contributed by atoms with Crippen LogP contribution in [0.5, 0.6) is 0 Å². The monoisotopic (exact) mass is 292 g/mol. The van der Waals surface area contributed by atoms with Gasteiger partial charge in [-0.3, -0.25) is 0 Å². The highest BCUT2D eigenvalue weighted by Crippen LogP contribution is 2.36. The molecule has 1 saturated heterocycles. The highest BCUT2D eigenvalue weighted by atomic mass is 32.2. The molecule has 2 N–H and O–H groups in total.